The fourth-order valence-electron chi connectivity index (χ4n) is 0.980. The Morgan fingerprint density at radius 1 is 1.43 bits per heavy atom. The Labute approximate surface area is 87.2 Å². The van der Waals surface area contributed by atoms with E-state index >= 15 is 0 Å². The van der Waals surface area contributed by atoms with Gasteiger partial charge < -0.3 is 0 Å². The van der Waals surface area contributed by atoms with Gasteiger partial charge in [0.2, 0.25) is 6.20 Å². The zero-order chi connectivity index (χ0) is 10.8. The molecule has 0 saturated carbocycles. The molecule has 1 heterocycles. The molecule has 0 fully saturated rings. The highest BCUT2D eigenvalue weighted by Crippen LogP contribution is 2.29. The standard InChI is InChI=1S/C10H13NO2S/c1-10(2,3)9-5-4-8(14-9)6-7-11(12)13/h4-7H,1-3H3. The molecule has 0 bridgehead atoms. The van der Waals surface area contributed by atoms with Crippen molar-refractivity contribution >= 4 is 17.4 Å². The van der Waals surface area contributed by atoms with Crippen LogP contribution in [0.2, 0.25) is 0 Å². The average Bonchev–Trinajstić information content (AvgIpc) is 2.47. The van der Waals surface area contributed by atoms with E-state index in [9.17, 15) is 10.1 Å². The molecule has 14 heavy (non-hydrogen) atoms. The monoisotopic (exact) mass is 211 g/mol. The van der Waals surface area contributed by atoms with Crippen molar-refractivity contribution in [3.05, 3.63) is 38.2 Å². The summed E-state index contributed by atoms with van der Waals surface area (Å²) >= 11 is 1.59. The second-order valence-electron chi connectivity index (χ2n) is 4.05. The largest absolute Gasteiger partial charge is 0.259 e. The van der Waals surface area contributed by atoms with Crippen molar-refractivity contribution in [1.82, 2.24) is 0 Å². The van der Waals surface area contributed by atoms with Gasteiger partial charge in [-0.25, -0.2) is 0 Å². The smallest absolute Gasteiger partial charge is 0.235 e. The van der Waals surface area contributed by atoms with Crippen molar-refractivity contribution in [2.75, 3.05) is 0 Å². The fourth-order valence-corrected chi connectivity index (χ4v) is 1.94. The summed E-state index contributed by atoms with van der Waals surface area (Å²) in [5, 5.41) is 10.1. The van der Waals surface area contributed by atoms with Crippen LogP contribution in [0.3, 0.4) is 0 Å². The van der Waals surface area contributed by atoms with Crippen LogP contribution in [0.4, 0.5) is 0 Å². The van der Waals surface area contributed by atoms with E-state index in [2.05, 4.69) is 20.8 Å². The van der Waals surface area contributed by atoms with E-state index in [4.69, 9.17) is 0 Å². The second-order valence-corrected chi connectivity index (χ2v) is 5.17. The van der Waals surface area contributed by atoms with E-state index in [0.717, 1.165) is 11.1 Å². The Balaban J connectivity index is 2.84. The van der Waals surface area contributed by atoms with Gasteiger partial charge in [0.25, 0.3) is 0 Å². The van der Waals surface area contributed by atoms with Gasteiger partial charge in [-0.3, -0.25) is 10.1 Å². The van der Waals surface area contributed by atoms with Crippen molar-refractivity contribution in [2.24, 2.45) is 0 Å². The summed E-state index contributed by atoms with van der Waals surface area (Å²) in [6.45, 7) is 6.37. The van der Waals surface area contributed by atoms with Crippen LogP contribution in [0.5, 0.6) is 0 Å². The summed E-state index contributed by atoms with van der Waals surface area (Å²) in [7, 11) is 0. The summed E-state index contributed by atoms with van der Waals surface area (Å²) in [5.41, 5.74) is 0.116. The van der Waals surface area contributed by atoms with Gasteiger partial charge in [0.05, 0.1) is 4.92 Å². The third-order valence-electron chi connectivity index (χ3n) is 1.73. The number of thiophene rings is 1. The Morgan fingerprint density at radius 2 is 2.07 bits per heavy atom. The van der Waals surface area contributed by atoms with Crippen LogP contribution < -0.4 is 0 Å². The fraction of sp³-hybridized carbons (Fsp3) is 0.400. The van der Waals surface area contributed by atoms with E-state index in [1.807, 2.05) is 12.1 Å². The van der Waals surface area contributed by atoms with Gasteiger partial charge >= 0.3 is 0 Å². The van der Waals surface area contributed by atoms with Crippen LogP contribution in [0.1, 0.15) is 30.5 Å². The Morgan fingerprint density at radius 3 is 2.50 bits per heavy atom. The van der Waals surface area contributed by atoms with Gasteiger partial charge in [-0.15, -0.1) is 11.3 Å². The molecule has 0 amide bonds. The van der Waals surface area contributed by atoms with Gasteiger partial charge in [0.15, 0.2) is 0 Å². The zero-order valence-corrected chi connectivity index (χ0v) is 9.30. The van der Waals surface area contributed by atoms with E-state index in [0.29, 0.717) is 0 Å². The molecule has 0 unspecified atom stereocenters. The van der Waals surface area contributed by atoms with Gasteiger partial charge in [-0.05, 0) is 17.5 Å². The van der Waals surface area contributed by atoms with Crippen molar-refractivity contribution in [3.8, 4) is 0 Å². The van der Waals surface area contributed by atoms with Crippen LogP contribution in [0.25, 0.3) is 6.08 Å². The number of hydrogen-bond donors (Lipinski definition) is 0. The predicted octanol–water partition coefficient (Wildman–Crippen LogP) is 3.29. The SMILES string of the molecule is CC(C)(C)c1ccc(C=C[N+](=O)[O-])s1. The molecule has 0 atom stereocenters. The first kappa shape index (κ1) is 10.9. The predicted molar refractivity (Wildman–Crippen MR) is 59.0 cm³/mol. The molecule has 0 aliphatic rings. The van der Waals surface area contributed by atoms with E-state index in [-0.39, 0.29) is 5.41 Å². The molecule has 1 rings (SSSR count). The average molecular weight is 211 g/mol. The summed E-state index contributed by atoms with van der Waals surface area (Å²) in [5.74, 6) is 0. The zero-order valence-electron chi connectivity index (χ0n) is 8.48. The van der Waals surface area contributed by atoms with Crippen LogP contribution in [0.15, 0.2) is 18.3 Å². The van der Waals surface area contributed by atoms with Gasteiger partial charge in [0.1, 0.15) is 0 Å². The summed E-state index contributed by atoms with van der Waals surface area (Å²) in [6, 6.07) is 3.93. The van der Waals surface area contributed by atoms with Crippen LogP contribution in [-0.2, 0) is 5.41 Å². The molecule has 4 heteroatoms. The van der Waals surface area contributed by atoms with Crippen molar-refractivity contribution in [2.45, 2.75) is 26.2 Å². The van der Waals surface area contributed by atoms with E-state index in [1.54, 1.807) is 11.3 Å². The number of rotatable bonds is 2. The third-order valence-corrected chi connectivity index (χ3v) is 3.20. The van der Waals surface area contributed by atoms with Crippen molar-refractivity contribution < 1.29 is 4.92 Å². The van der Waals surface area contributed by atoms with Gasteiger partial charge in [-0.1, -0.05) is 20.8 Å². The molecule has 1 aromatic rings. The molecule has 1 aromatic heterocycles. The molecule has 76 valence electrons. The lowest BCUT2D eigenvalue weighted by atomic mass is 9.95. The molecule has 3 nitrogen and oxygen atoms in total. The molecule has 0 aromatic carbocycles. The Kier molecular flexibility index (Phi) is 3.06. The van der Waals surface area contributed by atoms with Gasteiger partial charge in [0, 0.05) is 15.8 Å². The maximum absolute atomic E-state index is 10.1. The first-order valence-electron chi connectivity index (χ1n) is 4.31. The summed E-state index contributed by atoms with van der Waals surface area (Å²) in [6.07, 6.45) is 2.50. The minimum atomic E-state index is -0.448. The van der Waals surface area contributed by atoms with Gasteiger partial charge in [-0.2, -0.15) is 0 Å². The number of hydrogen-bond acceptors (Lipinski definition) is 3. The topological polar surface area (TPSA) is 43.1 Å². The maximum atomic E-state index is 10.1. The van der Waals surface area contributed by atoms with Crippen molar-refractivity contribution in [1.29, 1.82) is 0 Å². The van der Waals surface area contributed by atoms with Crippen LogP contribution >= 0.6 is 11.3 Å². The minimum absolute atomic E-state index is 0.116. The number of nitrogens with zero attached hydrogens (tertiary/aromatic N) is 1. The Hall–Kier alpha value is -1.16. The highest BCUT2D eigenvalue weighted by molar-refractivity contribution is 7.13. The lowest BCUT2D eigenvalue weighted by Crippen LogP contribution is -2.07. The first-order chi connectivity index (χ1) is 6.39. The third kappa shape index (κ3) is 2.96. The van der Waals surface area contributed by atoms with Crippen LogP contribution in [0, 0.1) is 10.1 Å². The molecule has 0 aliphatic heterocycles. The highest BCUT2D eigenvalue weighted by atomic mass is 32.1. The summed E-state index contributed by atoms with van der Waals surface area (Å²) in [4.78, 5) is 11.8. The Bertz CT molecular complexity index is 360. The van der Waals surface area contributed by atoms with E-state index < -0.39 is 4.92 Å². The van der Waals surface area contributed by atoms with Crippen molar-refractivity contribution in [3.63, 3.8) is 0 Å². The molecule has 0 spiro atoms. The summed E-state index contributed by atoms with van der Waals surface area (Å²) < 4.78 is 0. The molecular weight excluding hydrogens is 198 g/mol. The molecule has 0 saturated heterocycles. The second kappa shape index (κ2) is 3.92. The highest BCUT2D eigenvalue weighted by Gasteiger charge is 2.15. The normalized spacial score (nSPS) is 12.2. The quantitative estimate of drug-likeness (QED) is 0.556. The lowest BCUT2D eigenvalue weighted by Gasteiger charge is -2.14. The minimum Gasteiger partial charge on any atom is -0.259 e. The molecule has 0 N–H and O–H groups in total. The van der Waals surface area contributed by atoms with Crippen LogP contribution in [-0.4, -0.2) is 4.92 Å². The first-order valence-corrected chi connectivity index (χ1v) is 5.13. The molecular formula is C10H13NO2S. The molecule has 0 aliphatic carbocycles. The molecule has 0 radical (unpaired) electrons. The maximum Gasteiger partial charge on any atom is 0.235 e. The van der Waals surface area contributed by atoms with E-state index in [1.165, 1.54) is 11.0 Å². The lowest BCUT2D eigenvalue weighted by molar-refractivity contribution is -0.400. The number of nitro groups is 1.